The number of nitrogens with zero attached hydrogens (tertiary/aromatic N) is 2. The molecule has 2 rings (SSSR count). The molecule has 14 heavy (non-hydrogen) atoms. The third kappa shape index (κ3) is 1.92. The first-order chi connectivity index (χ1) is 6.79. The van der Waals surface area contributed by atoms with Crippen LogP contribution in [0.1, 0.15) is 24.2 Å². The minimum Gasteiger partial charge on any atom is -0.396 e. The summed E-state index contributed by atoms with van der Waals surface area (Å²) >= 11 is 0. The van der Waals surface area contributed by atoms with Crippen molar-refractivity contribution in [1.82, 2.24) is 15.5 Å². The molecule has 0 radical (unpaired) electrons. The van der Waals surface area contributed by atoms with Gasteiger partial charge in [-0.05, 0) is 6.42 Å². The highest BCUT2D eigenvalue weighted by atomic mass is 16.5. The number of hydrogen-bond acceptors (Lipinski definition) is 6. The zero-order valence-electron chi connectivity index (χ0n) is 7.68. The number of aromatic nitrogens is 2. The summed E-state index contributed by atoms with van der Waals surface area (Å²) in [5.41, 5.74) is 0. The van der Waals surface area contributed by atoms with Gasteiger partial charge in [-0.3, -0.25) is 0 Å². The Balaban J connectivity index is 2.02. The average Bonchev–Trinajstić information content (AvgIpc) is 2.74. The summed E-state index contributed by atoms with van der Waals surface area (Å²) in [4.78, 5) is 4.11. The van der Waals surface area contributed by atoms with Crippen molar-refractivity contribution in [2.24, 2.45) is 0 Å². The molecule has 0 spiro atoms. The fourth-order valence-corrected chi connectivity index (χ4v) is 1.52. The first-order valence-electron chi connectivity index (χ1n) is 4.64. The van der Waals surface area contributed by atoms with Gasteiger partial charge in [0.2, 0.25) is 5.89 Å². The summed E-state index contributed by atoms with van der Waals surface area (Å²) < 4.78 is 5.00. The van der Waals surface area contributed by atoms with E-state index in [9.17, 15) is 5.11 Å². The second kappa shape index (κ2) is 4.04. The lowest BCUT2D eigenvalue weighted by Crippen LogP contribution is -2.15. The van der Waals surface area contributed by atoms with Crippen LogP contribution in [0, 0.1) is 0 Å². The van der Waals surface area contributed by atoms with Crippen molar-refractivity contribution in [3.8, 4) is 0 Å². The van der Waals surface area contributed by atoms with Gasteiger partial charge in [0.1, 0.15) is 0 Å². The smallest absolute Gasteiger partial charge is 0.243 e. The Morgan fingerprint density at radius 1 is 1.57 bits per heavy atom. The highest BCUT2D eigenvalue weighted by molar-refractivity contribution is 4.97. The minimum atomic E-state index is -0.340. The van der Waals surface area contributed by atoms with Crippen LogP contribution >= 0.6 is 0 Å². The normalized spacial score (nSPS) is 27.0. The van der Waals surface area contributed by atoms with E-state index in [2.05, 4.69) is 15.5 Å². The molecule has 2 heterocycles. The predicted molar refractivity (Wildman–Crippen MR) is 46.5 cm³/mol. The number of nitrogens with one attached hydrogen (secondary N) is 1. The monoisotopic (exact) mass is 199 g/mol. The highest BCUT2D eigenvalue weighted by Gasteiger charge is 2.27. The van der Waals surface area contributed by atoms with Gasteiger partial charge in [-0.2, -0.15) is 4.98 Å². The van der Waals surface area contributed by atoms with Gasteiger partial charge >= 0.3 is 0 Å². The van der Waals surface area contributed by atoms with Crippen LogP contribution in [-0.4, -0.2) is 39.6 Å². The van der Waals surface area contributed by atoms with Crippen LogP contribution in [0.3, 0.4) is 0 Å². The molecule has 0 amide bonds. The molecule has 0 unspecified atom stereocenters. The molecule has 0 bridgehead atoms. The molecule has 1 fully saturated rings. The van der Waals surface area contributed by atoms with Crippen LogP contribution in [0.2, 0.25) is 0 Å². The maximum atomic E-state index is 9.28. The van der Waals surface area contributed by atoms with Crippen molar-refractivity contribution in [2.75, 3.05) is 13.2 Å². The van der Waals surface area contributed by atoms with Gasteiger partial charge in [-0.1, -0.05) is 5.16 Å². The van der Waals surface area contributed by atoms with Crippen LogP contribution in [0.15, 0.2) is 4.52 Å². The maximum absolute atomic E-state index is 9.28. The van der Waals surface area contributed by atoms with Gasteiger partial charge in [-0.25, -0.2) is 0 Å². The topological polar surface area (TPSA) is 91.4 Å². The van der Waals surface area contributed by atoms with Crippen LogP contribution in [-0.2, 0) is 6.42 Å². The third-order valence-corrected chi connectivity index (χ3v) is 2.22. The molecule has 1 aliphatic heterocycles. The molecule has 2 atom stereocenters. The SMILES string of the molecule is OCCc1noc([C@@H]2C[C@H](O)CN2)n1. The van der Waals surface area contributed by atoms with Crippen molar-refractivity contribution >= 4 is 0 Å². The summed E-state index contributed by atoms with van der Waals surface area (Å²) in [5.74, 6) is 0.996. The van der Waals surface area contributed by atoms with Crippen molar-refractivity contribution in [2.45, 2.75) is 25.0 Å². The van der Waals surface area contributed by atoms with Crippen LogP contribution < -0.4 is 5.32 Å². The first-order valence-corrected chi connectivity index (χ1v) is 4.64. The summed E-state index contributed by atoms with van der Waals surface area (Å²) in [6, 6.07) is -0.0510. The van der Waals surface area contributed by atoms with E-state index in [1.165, 1.54) is 0 Å². The molecule has 0 aliphatic carbocycles. The summed E-state index contributed by atoms with van der Waals surface area (Å²) in [5, 5.41) is 24.7. The number of aliphatic hydroxyl groups excluding tert-OH is 2. The molecule has 3 N–H and O–H groups in total. The van der Waals surface area contributed by atoms with Crippen LogP contribution in [0.25, 0.3) is 0 Å². The van der Waals surface area contributed by atoms with E-state index in [4.69, 9.17) is 9.63 Å². The Bertz CT molecular complexity index is 302. The van der Waals surface area contributed by atoms with Crippen molar-refractivity contribution < 1.29 is 14.7 Å². The Morgan fingerprint density at radius 2 is 2.43 bits per heavy atom. The number of β-amino-alcohol motifs (C(OH)–C–C–N with tert-alkyl or cyclic N) is 1. The van der Waals surface area contributed by atoms with Crippen LogP contribution in [0.5, 0.6) is 0 Å². The van der Waals surface area contributed by atoms with E-state index in [1.807, 2.05) is 0 Å². The van der Waals surface area contributed by atoms with E-state index in [0.29, 0.717) is 31.1 Å². The molecule has 1 aliphatic rings. The van der Waals surface area contributed by atoms with Gasteiger partial charge in [0.25, 0.3) is 0 Å². The quantitative estimate of drug-likeness (QED) is 0.578. The molecule has 6 nitrogen and oxygen atoms in total. The summed E-state index contributed by atoms with van der Waals surface area (Å²) in [6.07, 6.45) is 0.660. The molecule has 1 aromatic rings. The molecular weight excluding hydrogens is 186 g/mol. The highest BCUT2D eigenvalue weighted by Crippen LogP contribution is 2.21. The van der Waals surface area contributed by atoms with Crippen molar-refractivity contribution in [3.05, 3.63) is 11.7 Å². The number of rotatable bonds is 3. The lowest BCUT2D eigenvalue weighted by atomic mass is 10.2. The molecule has 6 heteroatoms. The van der Waals surface area contributed by atoms with Crippen molar-refractivity contribution in [1.29, 1.82) is 0 Å². The van der Waals surface area contributed by atoms with Gasteiger partial charge in [0, 0.05) is 13.0 Å². The zero-order valence-corrected chi connectivity index (χ0v) is 7.68. The van der Waals surface area contributed by atoms with Crippen molar-refractivity contribution in [3.63, 3.8) is 0 Å². The number of hydrogen-bond donors (Lipinski definition) is 3. The van der Waals surface area contributed by atoms with Crippen LogP contribution in [0.4, 0.5) is 0 Å². The average molecular weight is 199 g/mol. The van der Waals surface area contributed by atoms with E-state index in [0.717, 1.165) is 0 Å². The molecular formula is C8H13N3O3. The standard InChI is InChI=1S/C8H13N3O3/c12-2-1-7-10-8(14-11-7)6-3-5(13)4-9-6/h5-6,9,12-13H,1-4H2/t5-,6-/m0/s1. The molecule has 78 valence electrons. The molecule has 1 aromatic heterocycles. The fraction of sp³-hybridized carbons (Fsp3) is 0.750. The van der Waals surface area contributed by atoms with E-state index in [1.54, 1.807) is 0 Å². The Hall–Kier alpha value is -0.980. The Labute approximate surface area is 80.9 Å². The molecule has 0 aromatic carbocycles. The van der Waals surface area contributed by atoms with E-state index in [-0.39, 0.29) is 18.8 Å². The minimum absolute atomic E-state index is 0.0136. The lowest BCUT2D eigenvalue weighted by molar-refractivity contribution is 0.191. The van der Waals surface area contributed by atoms with Gasteiger partial charge in [0.15, 0.2) is 5.82 Å². The third-order valence-electron chi connectivity index (χ3n) is 2.22. The summed E-state index contributed by atoms with van der Waals surface area (Å²) in [7, 11) is 0. The molecule has 0 saturated carbocycles. The fourth-order valence-electron chi connectivity index (χ4n) is 1.52. The second-order valence-electron chi connectivity index (χ2n) is 3.37. The van der Waals surface area contributed by atoms with Gasteiger partial charge in [0.05, 0.1) is 18.8 Å². The number of aliphatic hydroxyl groups is 2. The summed E-state index contributed by atoms with van der Waals surface area (Å²) in [6.45, 7) is 0.572. The lowest BCUT2D eigenvalue weighted by Gasteiger charge is -2.01. The Kier molecular flexibility index (Phi) is 2.76. The largest absolute Gasteiger partial charge is 0.396 e. The Morgan fingerprint density at radius 3 is 3.07 bits per heavy atom. The van der Waals surface area contributed by atoms with E-state index < -0.39 is 0 Å². The molecule has 1 saturated heterocycles. The predicted octanol–water partition coefficient (Wildman–Crippen LogP) is -1.00. The first kappa shape index (κ1) is 9.57. The van der Waals surface area contributed by atoms with Gasteiger partial charge < -0.3 is 20.1 Å². The maximum Gasteiger partial charge on any atom is 0.243 e. The van der Waals surface area contributed by atoms with E-state index >= 15 is 0 Å². The van der Waals surface area contributed by atoms with Gasteiger partial charge in [-0.15, -0.1) is 0 Å². The second-order valence-corrected chi connectivity index (χ2v) is 3.37. The zero-order chi connectivity index (χ0) is 9.97.